The number of likely N-dealkylation sites (tertiary alicyclic amines) is 2. The molecule has 3 aliphatic heterocycles. The summed E-state index contributed by atoms with van der Waals surface area (Å²) in [7, 11) is -1.43. The molecule has 0 bridgehead atoms. The van der Waals surface area contributed by atoms with Crippen LogP contribution in [0.15, 0.2) is 23.1 Å². The van der Waals surface area contributed by atoms with E-state index in [2.05, 4.69) is 4.90 Å². The van der Waals surface area contributed by atoms with Crippen molar-refractivity contribution in [3.05, 3.63) is 29.3 Å². The van der Waals surface area contributed by atoms with Gasteiger partial charge in [-0.3, -0.25) is 9.69 Å². The molecule has 3 fully saturated rings. The molecule has 0 aromatic heterocycles. The fourth-order valence-corrected chi connectivity index (χ4v) is 7.37. The zero-order valence-corrected chi connectivity index (χ0v) is 17.4. The minimum absolute atomic E-state index is 0.0708. The molecule has 7 heteroatoms. The van der Waals surface area contributed by atoms with E-state index in [0.717, 1.165) is 58.2 Å². The van der Waals surface area contributed by atoms with Gasteiger partial charge in [0.05, 0.1) is 10.9 Å². The van der Waals surface area contributed by atoms with Crippen molar-refractivity contribution in [2.24, 2.45) is 5.41 Å². The molecule has 0 radical (unpaired) electrons. The van der Waals surface area contributed by atoms with Gasteiger partial charge in [0.15, 0.2) is 0 Å². The van der Waals surface area contributed by atoms with Crippen LogP contribution in [0.3, 0.4) is 0 Å². The van der Waals surface area contributed by atoms with Crippen LogP contribution in [0.5, 0.6) is 0 Å². The predicted octanol–water partition coefficient (Wildman–Crippen LogP) is 1.49. The van der Waals surface area contributed by atoms with Crippen LogP contribution >= 0.6 is 0 Å². The lowest BCUT2D eigenvalue weighted by atomic mass is 9.79. The average molecular weight is 404 g/mol. The number of hydrogen-bond donors (Lipinski definition) is 0. The van der Waals surface area contributed by atoms with Gasteiger partial charge in [0, 0.05) is 38.1 Å². The molecule has 1 spiro atoms. The first-order valence-electron chi connectivity index (χ1n) is 10.5. The van der Waals surface area contributed by atoms with Crippen LogP contribution in [-0.4, -0.2) is 74.2 Å². The van der Waals surface area contributed by atoms with Gasteiger partial charge in [0.2, 0.25) is 15.9 Å². The van der Waals surface area contributed by atoms with Gasteiger partial charge in [0.25, 0.3) is 0 Å². The summed E-state index contributed by atoms with van der Waals surface area (Å²) in [5, 5.41) is 0. The van der Waals surface area contributed by atoms with Crippen molar-refractivity contribution in [1.29, 1.82) is 0 Å². The predicted molar refractivity (Wildman–Crippen MR) is 107 cm³/mol. The van der Waals surface area contributed by atoms with Gasteiger partial charge in [-0.25, -0.2) is 8.42 Å². The molecule has 3 saturated heterocycles. The van der Waals surface area contributed by atoms with Crippen molar-refractivity contribution < 1.29 is 13.2 Å². The van der Waals surface area contributed by atoms with E-state index in [1.807, 2.05) is 24.1 Å². The molecule has 1 atom stereocenters. The number of sulfonamides is 1. The first-order chi connectivity index (χ1) is 13.4. The zero-order valence-electron chi connectivity index (χ0n) is 16.6. The maximum Gasteiger partial charge on any atom is 0.243 e. The molecule has 1 amide bonds. The second-order valence-corrected chi connectivity index (χ2v) is 11.2. The molecule has 28 heavy (non-hydrogen) atoms. The van der Waals surface area contributed by atoms with Gasteiger partial charge in [-0.05, 0) is 68.8 Å². The van der Waals surface area contributed by atoms with Crippen LogP contribution in [-0.2, 0) is 27.7 Å². The van der Waals surface area contributed by atoms with Crippen LogP contribution in [0.1, 0.15) is 36.8 Å². The standard InChI is InChI=1S/C21H29N3O3S/c1-22-13-21(12-19(22)20(25)23-9-2-3-10-23)14-24(15-21)28(26,27)18-8-7-16-5-4-6-17(16)11-18/h7-8,11,19H,2-6,9-10,12-15H2,1H3. The number of likely N-dealkylation sites (N-methyl/N-ethyl adjacent to an activating group) is 1. The molecule has 1 unspecified atom stereocenters. The van der Waals surface area contributed by atoms with Crippen molar-refractivity contribution in [3.63, 3.8) is 0 Å². The summed E-state index contributed by atoms with van der Waals surface area (Å²) < 4.78 is 27.8. The normalized spacial score (nSPS) is 27.3. The van der Waals surface area contributed by atoms with Crippen LogP contribution in [0.4, 0.5) is 0 Å². The lowest BCUT2D eigenvalue weighted by Crippen LogP contribution is -2.59. The van der Waals surface area contributed by atoms with Gasteiger partial charge in [-0.2, -0.15) is 4.31 Å². The minimum Gasteiger partial charge on any atom is -0.341 e. The molecule has 5 rings (SSSR count). The summed E-state index contributed by atoms with van der Waals surface area (Å²) in [5.74, 6) is 0.233. The highest BCUT2D eigenvalue weighted by Gasteiger charge is 2.55. The Morgan fingerprint density at radius 1 is 1.04 bits per heavy atom. The fourth-order valence-electron chi connectivity index (χ4n) is 5.65. The average Bonchev–Trinajstić information content (AvgIpc) is 3.38. The number of rotatable bonds is 3. The molecule has 4 aliphatic rings. The number of carbonyl (C=O) groups is 1. The Hall–Kier alpha value is -1.44. The van der Waals surface area contributed by atoms with E-state index in [-0.39, 0.29) is 17.4 Å². The maximum atomic E-state index is 13.1. The number of aryl methyl sites for hydroxylation is 2. The molecule has 152 valence electrons. The van der Waals surface area contributed by atoms with Gasteiger partial charge >= 0.3 is 0 Å². The smallest absolute Gasteiger partial charge is 0.243 e. The number of nitrogens with zero attached hydrogens (tertiary/aromatic N) is 3. The van der Waals surface area contributed by atoms with E-state index in [0.29, 0.717) is 18.0 Å². The first-order valence-corrected chi connectivity index (χ1v) is 11.9. The molecule has 0 N–H and O–H groups in total. The monoisotopic (exact) mass is 403 g/mol. The summed E-state index contributed by atoms with van der Waals surface area (Å²) in [6, 6.07) is 5.54. The molecule has 3 heterocycles. The molecule has 6 nitrogen and oxygen atoms in total. The SMILES string of the molecule is CN1CC2(CC1C(=O)N1CCCC1)CN(S(=O)(=O)c1ccc3c(c1)CCC3)C2. The molecule has 1 aromatic rings. The lowest BCUT2D eigenvalue weighted by molar-refractivity contribution is -0.134. The summed E-state index contributed by atoms with van der Waals surface area (Å²) >= 11 is 0. The third-order valence-electron chi connectivity index (χ3n) is 7.18. The third-order valence-corrected chi connectivity index (χ3v) is 8.96. The van der Waals surface area contributed by atoms with E-state index in [9.17, 15) is 13.2 Å². The summed E-state index contributed by atoms with van der Waals surface area (Å²) in [6.07, 6.45) is 6.12. The zero-order chi connectivity index (χ0) is 19.5. The number of fused-ring (bicyclic) bond motifs is 1. The van der Waals surface area contributed by atoms with Crippen LogP contribution in [0.2, 0.25) is 0 Å². The Bertz CT molecular complexity index is 901. The largest absolute Gasteiger partial charge is 0.341 e. The Labute approximate surface area is 167 Å². The fraction of sp³-hybridized carbons (Fsp3) is 0.667. The van der Waals surface area contributed by atoms with Gasteiger partial charge in [-0.1, -0.05) is 6.07 Å². The Balaban J connectivity index is 1.28. The number of amides is 1. The number of carbonyl (C=O) groups excluding carboxylic acids is 1. The minimum atomic E-state index is -3.44. The topological polar surface area (TPSA) is 60.9 Å². The Kier molecular flexibility index (Phi) is 4.34. The van der Waals surface area contributed by atoms with Crippen molar-refractivity contribution in [2.75, 3.05) is 39.8 Å². The molecular formula is C21H29N3O3S. The van der Waals surface area contributed by atoms with Crippen LogP contribution in [0, 0.1) is 5.41 Å². The van der Waals surface area contributed by atoms with Crippen molar-refractivity contribution in [2.45, 2.75) is 49.5 Å². The van der Waals surface area contributed by atoms with Crippen molar-refractivity contribution >= 4 is 15.9 Å². The number of benzene rings is 1. The molecule has 1 aliphatic carbocycles. The van der Waals surface area contributed by atoms with E-state index < -0.39 is 10.0 Å². The second kappa shape index (κ2) is 6.54. The van der Waals surface area contributed by atoms with E-state index in [1.165, 1.54) is 11.1 Å². The lowest BCUT2D eigenvalue weighted by Gasteiger charge is -2.46. The molecule has 1 aromatic carbocycles. The van der Waals surface area contributed by atoms with Crippen molar-refractivity contribution in [3.8, 4) is 0 Å². The maximum absolute atomic E-state index is 13.1. The van der Waals surface area contributed by atoms with Gasteiger partial charge < -0.3 is 4.90 Å². The van der Waals surface area contributed by atoms with Crippen molar-refractivity contribution in [1.82, 2.24) is 14.1 Å². The van der Waals surface area contributed by atoms with E-state index in [4.69, 9.17) is 0 Å². The summed E-state index contributed by atoms with van der Waals surface area (Å²) in [4.78, 5) is 17.4. The quantitative estimate of drug-likeness (QED) is 0.767. The van der Waals surface area contributed by atoms with E-state index >= 15 is 0 Å². The summed E-state index contributed by atoms with van der Waals surface area (Å²) in [5.41, 5.74) is 2.41. The molecular weight excluding hydrogens is 374 g/mol. The van der Waals surface area contributed by atoms with Gasteiger partial charge in [-0.15, -0.1) is 0 Å². The van der Waals surface area contributed by atoms with Gasteiger partial charge in [0.1, 0.15) is 0 Å². The Morgan fingerprint density at radius 2 is 1.75 bits per heavy atom. The highest BCUT2D eigenvalue weighted by Crippen LogP contribution is 2.45. The van der Waals surface area contributed by atoms with E-state index in [1.54, 1.807) is 10.4 Å². The van der Waals surface area contributed by atoms with Crippen LogP contribution < -0.4 is 0 Å². The highest BCUT2D eigenvalue weighted by molar-refractivity contribution is 7.89. The first kappa shape index (κ1) is 18.6. The summed E-state index contributed by atoms with van der Waals surface area (Å²) in [6.45, 7) is 3.60. The Morgan fingerprint density at radius 3 is 2.50 bits per heavy atom. The second-order valence-electron chi connectivity index (χ2n) is 9.22. The number of hydrogen-bond acceptors (Lipinski definition) is 4. The molecule has 0 saturated carbocycles. The third kappa shape index (κ3) is 2.90. The van der Waals surface area contributed by atoms with Crippen LogP contribution in [0.25, 0.3) is 0 Å². The highest BCUT2D eigenvalue weighted by atomic mass is 32.2.